The van der Waals surface area contributed by atoms with E-state index in [1.807, 2.05) is 54.8 Å². The van der Waals surface area contributed by atoms with E-state index in [9.17, 15) is 10.1 Å². The highest BCUT2D eigenvalue weighted by Crippen LogP contribution is 2.30. The number of nitriles is 1. The molecule has 4 aromatic rings. The van der Waals surface area contributed by atoms with Gasteiger partial charge < -0.3 is 14.5 Å². The number of anilines is 1. The minimum atomic E-state index is -0.303. The molecule has 2 heterocycles. The van der Waals surface area contributed by atoms with E-state index in [1.165, 1.54) is 0 Å². The van der Waals surface area contributed by atoms with Gasteiger partial charge in [-0.3, -0.25) is 9.36 Å². The highest BCUT2D eigenvalue weighted by atomic mass is 35.5. The number of nitrogens with zero attached hydrogens (tertiary/aromatic N) is 4. The number of thioether (sulfide) groups is 1. The molecule has 1 amide bonds. The van der Waals surface area contributed by atoms with E-state index in [2.05, 4.69) is 21.6 Å². The molecule has 1 N–H and O–H groups in total. The van der Waals surface area contributed by atoms with Crippen molar-refractivity contribution in [3.63, 3.8) is 0 Å². The molecule has 0 bridgehead atoms. The van der Waals surface area contributed by atoms with Crippen LogP contribution in [-0.2, 0) is 11.4 Å². The zero-order chi connectivity index (χ0) is 24.1. The van der Waals surface area contributed by atoms with Gasteiger partial charge in [0, 0.05) is 11.4 Å². The monoisotopic (exact) mass is 493 g/mol. The van der Waals surface area contributed by atoms with Gasteiger partial charge in [0.1, 0.15) is 17.6 Å². The molecule has 0 atom stereocenters. The summed E-state index contributed by atoms with van der Waals surface area (Å²) in [6.45, 7) is 3.83. The fourth-order valence-electron chi connectivity index (χ4n) is 3.31. The van der Waals surface area contributed by atoms with Crippen molar-refractivity contribution in [2.45, 2.75) is 25.7 Å². The minimum Gasteiger partial charge on any atom is -0.482 e. The van der Waals surface area contributed by atoms with Crippen LogP contribution in [0.3, 0.4) is 0 Å². The summed E-state index contributed by atoms with van der Waals surface area (Å²) in [4.78, 5) is 12.7. The quantitative estimate of drug-likeness (QED) is 0.331. The third-order valence-electron chi connectivity index (χ3n) is 5.06. The number of ether oxygens (including phenoxy) is 1. The highest BCUT2D eigenvalue weighted by Gasteiger charge is 2.21. The van der Waals surface area contributed by atoms with E-state index >= 15 is 0 Å². The molecule has 0 fully saturated rings. The molecule has 172 valence electrons. The lowest BCUT2D eigenvalue weighted by Gasteiger charge is -2.12. The van der Waals surface area contributed by atoms with E-state index in [-0.39, 0.29) is 29.4 Å². The Morgan fingerprint density at radius 1 is 1.18 bits per heavy atom. The molecule has 0 aliphatic heterocycles. The molecule has 0 radical (unpaired) electrons. The number of nitrogens with one attached hydrogen (secondary N) is 1. The second kappa shape index (κ2) is 10.5. The zero-order valence-corrected chi connectivity index (χ0v) is 20.0. The molecule has 2 aromatic heterocycles. The van der Waals surface area contributed by atoms with Gasteiger partial charge in [0.2, 0.25) is 5.91 Å². The van der Waals surface area contributed by atoms with Crippen LogP contribution in [0.5, 0.6) is 5.75 Å². The maximum atomic E-state index is 12.7. The summed E-state index contributed by atoms with van der Waals surface area (Å²) in [5.41, 5.74) is 2.98. The molecule has 0 spiro atoms. The predicted octanol–water partition coefficient (Wildman–Crippen LogP) is 5.31. The van der Waals surface area contributed by atoms with E-state index in [0.29, 0.717) is 22.2 Å². The number of amides is 1. The Labute approximate surface area is 205 Å². The first-order chi connectivity index (χ1) is 16.5. The number of benzene rings is 2. The van der Waals surface area contributed by atoms with Crippen molar-refractivity contribution < 1.29 is 13.9 Å². The number of hydrogen-bond donors (Lipinski definition) is 1. The fraction of sp³-hybridized carbons (Fsp3) is 0.167. The van der Waals surface area contributed by atoms with Gasteiger partial charge in [-0.2, -0.15) is 5.26 Å². The number of carbonyl (C=O) groups is 1. The van der Waals surface area contributed by atoms with Crippen LogP contribution in [0.25, 0.3) is 5.69 Å². The normalized spacial score (nSPS) is 10.6. The Morgan fingerprint density at radius 3 is 2.65 bits per heavy atom. The van der Waals surface area contributed by atoms with Gasteiger partial charge in [0.15, 0.2) is 6.61 Å². The van der Waals surface area contributed by atoms with Crippen LogP contribution in [0.2, 0.25) is 5.02 Å². The number of halogens is 1. The maximum absolute atomic E-state index is 12.7. The largest absolute Gasteiger partial charge is 0.482 e. The second-order valence-electron chi connectivity index (χ2n) is 7.23. The third kappa shape index (κ3) is 5.09. The van der Waals surface area contributed by atoms with Crippen molar-refractivity contribution in [1.82, 2.24) is 14.8 Å². The number of hydrogen-bond acceptors (Lipinski definition) is 7. The first-order valence-corrected chi connectivity index (χ1v) is 11.6. The Kier molecular flexibility index (Phi) is 7.21. The van der Waals surface area contributed by atoms with Crippen LogP contribution in [0.15, 0.2) is 64.2 Å². The molecule has 8 nitrogen and oxygen atoms in total. The highest BCUT2D eigenvalue weighted by molar-refractivity contribution is 7.99. The van der Waals surface area contributed by atoms with Crippen LogP contribution in [0.1, 0.15) is 22.7 Å². The standard InChI is InChI=1S/C24H20ClN5O3S/c1-15-16(2)30(17-8-4-3-5-9-17)23(18(15)12-26)27-21(31)14-34-24-29-28-22(33-24)13-32-20-11-7-6-10-19(20)25/h3-11H,13-14H2,1-2H3,(H,27,31). The summed E-state index contributed by atoms with van der Waals surface area (Å²) in [7, 11) is 0. The summed E-state index contributed by atoms with van der Waals surface area (Å²) in [6, 6.07) is 18.8. The Morgan fingerprint density at radius 2 is 1.91 bits per heavy atom. The van der Waals surface area contributed by atoms with Crippen molar-refractivity contribution in [1.29, 1.82) is 5.26 Å². The van der Waals surface area contributed by atoms with Crippen LogP contribution in [-0.4, -0.2) is 26.4 Å². The van der Waals surface area contributed by atoms with E-state index in [4.69, 9.17) is 20.8 Å². The smallest absolute Gasteiger partial charge is 0.277 e. The molecular weight excluding hydrogens is 474 g/mol. The zero-order valence-electron chi connectivity index (χ0n) is 18.4. The molecule has 34 heavy (non-hydrogen) atoms. The number of aromatic nitrogens is 3. The molecule has 0 unspecified atom stereocenters. The van der Waals surface area contributed by atoms with Gasteiger partial charge in [-0.1, -0.05) is 53.7 Å². The van der Waals surface area contributed by atoms with Gasteiger partial charge >= 0.3 is 0 Å². The SMILES string of the molecule is Cc1c(C#N)c(NC(=O)CSc2nnc(COc3ccccc3Cl)o2)n(-c2ccccc2)c1C. The Bertz CT molecular complexity index is 1360. The molecule has 10 heteroatoms. The average Bonchev–Trinajstić information content (AvgIpc) is 3.39. The fourth-order valence-corrected chi connectivity index (χ4v) is 4.08. The molecule has 4 rings (SSSR count). The van der Waals surface area contributed by atoms with Crippen molar-refractivity contribution in [3.8, 4) is 17.5 Å². The summed E-state index contributed by atoms with van der Waals surface area (Å²) >= 11 is 7.16. The van der Waals surface area contributed by atoms with Crippen LogP contribution >= 0.6 is 23.4 Å². The van der Waals surface area contributed by atoms with Gasteiger partial charge in [0.05, 0.1) is 16.3 Å². The van der Waals surface area contributed by atoms with Crippen molar-refractivity contribution in [2.75, 3.05) is 11.1 Å². The Hall–Kier alpha value is -3.74. The molecule has 0 aliphatic carbocycles. The molecule has 0 saturated carbocycles. The predicted molar refractivity (Wildman–Crippen MR) is 129 cm³/mol. The first-order valence-electron chi connectivity index (χ1n) is 10.3. The van der Waals surface area contributed by atoms with Gasteiger partial charge in [0.25, 0.3) is 11.1 Å². The van der Waals surface area contributed by atoms with Crippen LogP contribution < -0.4 is 10.1 Å². The second-order valence-corrected chi connectivity index (χ2v) is 8.57. The lowest BCUT2D eigenvalue weighted by Crippen LogP contribution is -2.17. The van der Waals surface area contributed by atoms with Crippen LogP contribution in [0, 0.1) is 25.2 Å². The van der Waals surface area contributed by atoms with E-state index in [1.54, 1.807) is 18.2 Å². The molecule has 0 aliphatic rings. The van der Waals surface area contributed by atoms with Crippen molar-refractivity contribution >= 4 is 35.1 Å². The van der Waals surface area contributed by atoms with E-state index < -0.39 is 0 Å². The van der Waals surface area contributed by atoms with Crippen LogP contribution in [0.4, 0.5) is 5.82 Å². The molecular formula is C24H20ClN5O3S. The first kappa shape index (κ1) is 23.4. The van der Waals surface area contributed by atoms with Gasteiger partial charge in [-0.15, -0.1) is 10.2 Å². The number of carbonyl (C=O) groups excluding carboxylic acids is 1. The molecule has 0 saturated heterocycles. The maximum Gasteiger partial charge on any atom is 0.277 e. The summed E-state index contributed by atoms with van der Waals surface area (Å²) in [5.74, 6) is 0.933. The van der Waals surface area contributed by atoms with Crippen molar-refractivity contribution in [3.05, 3.63) is 82.3 Å². The average molecular weight is 494 g/mol. The lowest BCUT2D eigenvalue weighted by molar-refractivity contribution is -0.113. The summed E-state index contributed by atoms with van der Waals surface area (Å²) < 4.78 is 13.0. The van der Waals surface area contributed by atoms with E-state index in [0.717, 1.165) is 28.7 Å². The number of rotatable bonds is 8. The Balaban J connectivity index is 1.41. The topological polar surface area (TPSA) is 106 Å². The third-order valence-corrected chi connectivity index (χ3v) is 6.19. The molecule has 2 aromatic carbocycles. The summed E-state index contributed by atoms with van der Waals surface area (Å²) in [5, 5.41) is 21.2. The lowest BCUT2D eigenvalue weighted by atomic mass is 10.2. The van der Waals surface area contributed by atoms with Crippen molar-refractivity contribution in [2.24, 2.45) is 0 Å². The summed E-state index contributed by atoms with van der Waals surface area (Å²) in [6.07, 6.45) is 0. The van der Waals surface area contributed by atoms with Gasteiger partial charge in [-0.05, 0) is 43.7 Å². The number of para-hydroxylation sites is 2. The van der Waals surface area contributed by atoms with Gasteiger partial charge in [-0.25, -0.2) is 0 Å². The minimum absolute atomic E-state index is 0.0237.